The standard InChI is InChI=1S/C16H19NO3S/c1-21-11-15(12-6-2-3-7-12,13-8-4-5-9-13)16(17,10-18)14(19)20/h2-6,8,10H,7,9,11,17H2,1H3,(H,19,20). The van der Waals surface area contributed by atoms with Crippen LogP contribution in [0.15, 0.2) is 47.6 Å². The fourth-order valence-corrected chi connectivity index (χ4v) is 4.16. The van der Waals surface area contributed by atoms with E-state index < -0.39 is 16.9 Å². The molecular weight excluding hydrogens is 286 g/mol. The third kappa shape index (κ3) is 2.30. The number of rotatable bonds is 7. The molecule has 4 nitrogen and oxygen atoms in total. The summed E-state index contributed by atoms with van der Waals surface area (Å²) in [6.07, 6.45) is 15.0. The average molecular weight is 305 g/mol. The molecule has 0 heterocycles. The summed E-state index contributed by atoms with van der Waals surface area (Å²) in [7, 11) is 0. The van der Waals surface area contributed by atoms with Gasteiger partial charge in [0.15, 0.2) is 11.8 Å². The molecule has 0 aromatic carbocycles. The fourth-order valence-electron chi connectivity index (χ4n) is 3.12. The van der Waals surface area contributed by atoms with Gasteiger partial charge in [-0.3, -0.25) is 0 Å². The van der Waals surface area contributed by atoms with E-state index in [-0.39, 0.29) is 0 Å². The molecule has 0 aromatic rings. The molecular formula is C16H19NO3S. The van der Waals surface area contributed by atoms with Crippen LogP contribution in [0, 0.1) is 5.41 Å². The molecule has 0 spiro atoms. The lowest BCUT2D eigenvalue weighted by Gasteiger charge is -2.45. The summed E-state index contributed by atoms with van der Waals surface area (Å²) in [5.41, 5.74) is 4.97. The molecule has 1 unspecified atom stereocenters. The average Bonchev–Trinajstić information content (AvgIpc) is 3.16. The first-order valence-electron chi connectivity index (χ1n) is 6.73. The summed E-state index contributed by atoms with van der Waals surface area (Å²) in [5.74, 6) is -0.831. The Morgan fingerprint density at radius 3 is 2.14 bits per heavy atom. The minimum atomic E-state index is -1.97. The van der Waals surface area contributed by atoms with Gasteiger partial charge in [-0.25, -0.2) is 4.79 Å². The van der Waals surface area contributed by atoms with E-state index in [1.165, 1.54) is 11.8 Å². The van der Waals surface area contributed by atoms with E-state index in [0.717, 1.165) is 11.1 Å². The summed E-state index contributed by atoms with van der Waals surface area (Å²) >= 11 is 1.50. The highest BCUT2D eigenvalue weighted by atomic mass is 32.2. The van der Waals surface area contributed by atoms with E-state index in [1.807, 2.05) is 42.7 Å². The van der Waals surface area contributed by atoms with Crippen molar-refractivity contribution in [3.05, 3.63) is 47.6 Å². The molecule has 0 amide bonds. The lowest BCUT2D eigenvalue weighted by Crippen LogP contribution is -2.65. The number of nitrogens with two attached hydrogens (primary N) is 1. The SMILES string of the molecule is CSCC(C1=CC=CC1)(C1=CC=CC1)C(N)(C=O)C(=O)O. The van der Waals surface area contributed by atoms with Gasteiger partial charge in [0, 0.05) is 5.75 Å². The van der Waals surface area contributed by atoms with Crippen LogP contribution in [0.1, 0.15) is 12.8 Å². The van der Waals surface area contributed by atoms with Gasteiger partial charge in [0.05, 0.1) is 5.41 Å². The second kappa shape index (κ2) is 6.03. The Hall–Kier alpha value is -1.59. The van der Waals surface area contributed by atoms with Crippen molar-refractivity contribution in [2.75, 3.05) is 12.0 Å². The van der Waals surface area contributed by atoms with E-state index in [0.29, 0.717) is 24.9 Å². The summed E-state index contributed by atoms with van der Waals surface area (Å²) in [5, 5.41) is 9.65. The van der Waals surface area contributed by atoms with Crippen molar-refractivity contribution in [2.45, 2.75) is 18.4 Å². The highest BCUT2D eigenvalue weighted by Gasteiger charge is 2.58. The third-order valence-corrected chi connectivity index (χ3v) is 4.97. The molecule has 21 heavy (non-hydrogen) atoms. The number of allylic oxidation sites excluding steroid dienone is 6. The zero-order chi connectivity index (χ0) is 15.5. The Kier molecular flexibility index (Phi) is 4.54. The second-order valence-corrected chi connectivity index (χ2v) is 6.14. The largest absolute Gasteiger partial charge is 0.480 e. The van der Waals surface area contributed by atoms with Gasteiger partial charge in [-0.05, 0) is 19.1 Å². The van der Waals surface area contributed by atoms with E-state index in [2.05, 4.69) is 0 Å². The van der Waals surface area contributed by atoms with E-state index in [1.54, 1.807) is 0 Å². The van der Waals surface area contributed by atoms with Gasteiger partial charge in [0.1, 0.15) is 0 Å². The first kappa shape index (κ1) is 15.8. The van der Waals surface area contributed by atoms with Gasteiger partial charge in [-0.15, -0.1) is 0 Å². The van der Waals surface area contributed by atoms with Crippen LogP contribution in [0.4, 0.5) is 0 Å². The van der Waals surface area contributed by atoms with Crippen molar-refractivity contribution >= 4 is 24.0 Å². The van der Waals surface area contributed by atoms with Crippen LogP contribution in [0.3, 0.4) is 0 Å². The van der Waals surface area contributed by atoms with Crippen LogP contribution in [0.25, 0.3) is 0 Å². The Labute approximate surface area is 128 Å². The Morgan fingerprint density at radius 2 is 1.86 bits per heavy atom. The lowest BCUT2D eigenvalue weighted by atomic mass is 9.61. The van der Waals surface area contributed by atoms with Gasteiger partial charge in [0.2, 0.25) is 0 Å². The molecule has 0 bridgehead atoms. The predicted octanol–water partition coefficient (Wildman–Crippen LogP) is 2.09. The number of carboxylic acids is 1. The summed E-state index contributed by atoms with van der Waals surface area (Å²) in [6.45, 7) is 0. The Balaban J connectivity index is 2.66. The number of carbonyl (C=O) groups is 2. The third-order valence-electron chi connectivity index (χ3n) is 4.25. The molecule has 0 radical (unpaired) electrons. The molecule has 0 aliphatic heterocycles. The van der Waals surface area contributed by atoms with Crippen molar-refractivity contribution < 1.29 is 14.7 Å². The minimum absolute atomic E-state index is 0.393. The molecule has 0 fully saturated rings. The quantitative estimate of drug-likeness (QED) is 0.556. The normalized spacial score (nSPS) is 20.1. The number of carbonyl (C=O) groups excluding carboxylic acids is 1. The summed E-state index contributed by atoms with van der Waals surface area (Å²) < 4.78 is 0. The topological polar surface area (TPSA) is 80.4 Å². The molecule has 5 heteroatoms. The number of aldehydes is 1. The van der Waals surface area contributed by atoms with Gasteiger partial charge < -0.3 is 15.6 Å². The maximum atomic E-state index is 11.8. The van der Waals surface area contributed by atoms with Crippen LogP contribution in [0.5, 0.6) is 0 Å². The molecule has 0 saturated heterocycles. The molecule has 1 atom stereocenters. The van der Waals surface area contributed by atoms with Gasteiger partial charge in [-0.1, -0.05) is 47.6 Å². The molecule has 112 valence electrons. The Bertz CT molecular complexity index is 544. The number of hydrogen-bond donors (Lipinski definition) is 2. The maximum Gasteiger partial charge on any atom is 0.332 e. The first-order chi connectivity index (χ1) is 10.0. The van der Waals surface area contributed by atoms with Crippen LogP contribution >= 0.6 is 11.8 Å². The Morgan fingerprint density at radius 1 is 1.33 bits per heavy atom. The van der Waals surface area contributed by atoms with Gasteiger partial charge >= 0.3 is 5.97 Å². The van der Waals surface area contributed by atoms with Crippen LogP contribution in [0.2, 0.25) is 0 Å². The smallest absolute Gasteiger partial charge is 0.332 e. The minimum Gasteiger partial charge on any atom is -0.480 e. The van der Waals surface area contributed by atoms with Crippen LogP contribution < -0.4 is 5.73 Å². The second-order valence-electron chi connectivity index (χ2n) is 5.28. The highest BCUT2D eigenvalue weighted by molar-refractivity contribution is 7.98. The summed E-state index contributed by atoms with van der Waals surface area (Å²) in [4.78, 5) is 23.5. The van der Waals surface area contributed by atoms with Gasteiger partial charge in [-0.2, -0.15) is 11.8 Å². The van der Waals surface area contributed by atoms with E-state index >= 15 is 0 Å². The monoisotopic (exact) mass is 305 g/mol. The highest BCUT2D eigenvalue weighted by Crippen LogP contribution is 2.50. The maximum absolute atomic E-state index is 11.8. The molecule has 2 aliphatic rings. The van der Waals surface area contributed by atoms with Crippen LogP contribution in [-0.4, -0.2) is 34.9 Å². The molecule has 0 saturated carbocycles. The number of thioether (sulfide) groups is 1. The van der Waals surface area contributed by atoms with E-state index in [4.69, 9.17) is 5.73 Å². The molecule has 2 aliphatic carbocycles. The zero-order valence-corrected chi connectivity index (χ0v) is 12.7. The number of aliphatic carboxylic acids is 1. The first-order valence-corrected chi connectivity index (χ1v) is 8.12. The molecule has 3 N–H and O–H groups in total. The molecule has 0 aromatic heterocycles. The van der Waals surface area contributed by atoms with Gasteiger partial charge in [0.25, 0.3) is 0 Å². The summed E-state index contributed by atoms with van der Waals surface area (Å²) in [6, 6.07) is 0. The number of hydrogen-bond acceptors (Lipinski definition) is 4. The van der Waals surface area contributed by atoms with Crippen molar-refractivity contribution in [3.8, 4) is 0 Å². The zero-order valence-electron chi connectivity index (χ0n) is 11.9. The van der Waals surface area contributed by atoms with Crippen molar-refractivity contribution in [2.24, 2.45) is 11.1 Å². The van der Waals surface area contributed by atoms with Crippen LogP contribution in [-0.2, 0) is 9.59 Å². The lowest BCUT2D eigenvalue weighted by molar-refractivity contribution is -0.148. The predicted molar refractivity (Wildman–Crippen MR) is 85.1 cm³/mol. The number of carboxylic acid groups (broad SMARTS) is 1. The van der Waals surface area contributed by atoms with Crippen molar-refractivity contribution in [3.63, 3.8) is 0 Å². The molecule has 2 rings (SSSR count). The van der Waals surface area contributed by atoms with Crippen molar-refractivity contribution in [1.82, 2.24) is 0 Å². The van der Waals surface area contributed by atoms with E-state index in [9.17, 15) is 14.7 Å². The van der Waals surface area contributed by atoms with Crippen molar-refractivity contribution in [1.29, 1.82) is 0 Å². The fraction of sp³-hybridized carbons (Fsp3) is 0.375.